The fraction of sp³-hybridized carbons (Fsp3) is 0.526. The van der Waals surface area contributed by atoms with E-state index >= 15 is 0 Å². The number of esters is 1. The van der Waals surface area contributed by atoms with Crippen molar-refractivity contribution in [3.63, 3.8) is 0 Å². The number of benzene rings is 1. The Morgan fingerprint density at radius 3 is 2.32 bits per heavy atom. The van der Waals surface area contributed by atoms with Gasteiger partial charge in [0.05, 0.1) is 12.7 Å². The molecule has 0 unspecified atom stereocenters. The third kappa shape index (κ3) is 4.03. The van der Waals surface area contributed by atoms with E-state index in [1.165, 1.54) is 53.7 Å². The molecule has 2 aliphatic heterocycles. The van der Waals surface area contributed by atoms with Crippen molar-refractivity contribution >= 4 is 5.97 Å². The summed E-state index contributed by atoms with van der Waals surface area (Å²) in [7, 11) is 4.35. The van der Waals surface area contributed by atoms with Crippen molar-refractivity contribution in [2.45, 2.75) is 31.7 Å². The van der Waals surface area contributed by atoms with Crippen molar-refractivity contribution < 1.29 is 23.7 Å². The van der Waals surface area contributed by atoms with E-state index < -0.39 is 11.9 Å². The molecule has 1 fully saturated rings. The minimum absolute atomic E-state index is 0.383. The number of methoxy groups -OCH3 is 3. The van der Waals surface area contributed by atoms with Crippen LogP contribution in [0.25, 0.3) is 0 Å². The molecular weight excluding hydrogens is 322 g/mol. The Hall–Kier alpha value is -1.89. The van der Waals surface area contributed by atoms with Crippen LogP contribution in [0.4, 0.5) is 0 Å². The summed E-state index contributed by atoms with van der Waals surface area (Å²) in [6.45, 7) is 6.20. The van der Waals surface area contributed by atoms with E-state index in [4.69, 9.17) is 18.9 Å². The molecule has 0 amide bonds. The zero-order valence-corrected chi connectivity index (χ0v) is 15.2. The molecule has 1 N–H and O–H groups in total. The largest absolute Gasteiger partial charge is 0.496 e. The lowest BCUT2D eigenvalue weighted by atomic mass is 10.00. The number of fused-ring (bicyclic) bond motifs is 1. The quantitative estimate of drug-likeness (QED) is 0.501. The van der Waals surface area contributed by atoms with E-state index in [-0.39, 0.29) is 0 Å². The summed E-state index contributed by atoms with van der Waals surface area (Å²) in [6, 6.07) is 3.49. The molecule has 1 aromatic carbocycles. The third-order valence-corrected chi connectivity index (χ3v) is 4.31. The first kappa shape index (κ1) is 19.4. The topological polar surface area (TPSA) is 66.0 Å². The van der Waals surface area contributed by atoms with Gasteiger partial charge >= 0.3 is 11.9 Å². The van der Waals surface area contributed by atoms with E-state index in [1.54, 1.807) is 12.1 Å². The second kappa shape index (κ2) is 8.99. The van der Waals surface area contributed by atoms with Crippen LogP contribution in [-0.4, -0.2) is 40.4 Å². The first-order chi connectivity index (χ1) is 12.1. The molecule has 6 nitrogen and oxygen atoms in total. The highest BCUT2D eigenvalue weighted by Crippen LogP contribution is 2.44. The molecular formula is C19H27NO5. The normalized spacial score (nSPS) is 17.8. The maximum atomic E-state index is 11.9. The molecule has 0 bridgehead atoms. The fourth-order valence-corrected chi connectivity index (χ4v) is 3.05. The molecule has 0 saturated carbocycles. The van der Waals surface area contributed by atoms with Crippen LogP contribution in [0.2, 0.25) is 0 Å². The van der Waals surface area contributed by atoms with Gasteiger partial charge in [0.15, 0.2) is 0 Å². The van der Waals surface area contributed by atoms with Crippen LogP contribution in [0.15, 0.2) is 24.8 Å². The summed E-state index contributed by atoms with van der Waals surface area (Å²) in [4.78, 5) is 11.9. The lowest BCUT2D eigenvalue weighted by Crippen LogP contribution is -2.31. The van der Waals surface area contributed by atoms with Crippen molar-refractivity contribution in [3.8, 4) is 5.75 Å². The summed E-state index contributed by atoms with van der Waals surface area (Å²) in [5.41, 5.74) is 1.73. The monoisotopic (exact) mass is 349 g/mol. The van der Waals surface area contributed by atoms with Gasteiger partial charge in [0.25, 0.3) is 0 Å². The highest BCUT2D eigenvalue weighted by molar-refractivity contribution is 5.95. The summed E-state index contributed by atoms with van der Waals surface area (Å²) in [5, 5.41) is 3.28. The van der Waals surface area contributed by atoms with Gasteiger partial charge in [-0.3, -0.25) is 0 Å². The predicted octanol–water partition coefficient (Wildman–Crippen LogP) is 2.76. The standard InChI is InChI=1S/C14H16O5.C5H11N/c1-5-6-9-7-8-10-11(12(9)16-2)14(17-3,18-4)19-13(10)15;1-2-4-6-5-3-1/h5,7-8H,1,6H2,2-4H3;6H,1-5H2. The molecule has 0 aliphatic carbocycles. The van der Waals surface area contributed by atoms with Crippen molar-refractivity contribution in [1.29, 1.82) is 0 Å². The summed E-state index contributed by atoms with van der Waals surface area (Å²) < 4.78 is 21.1. The van der Waals surface area contributed by atoms with Gasteiger partial charge in [0.1, 0.15) is 11.3 Å². The maximum Gasteiger partial charge on any atom is 0.362 e. The molecule has 0 spiro atoms. The number of cyclic esters (lactones) is 1. The van der Waals surface area contributed by atoms with Gasteiger partial charge in [0.2, 0.25) is 0 Å². The van der Waals surface area contributed by atoms with Crippen LogP contribution < -0.4 is 10.1 Å². The first-order valence-electron chi connectivity index (χ1n) is 8.49. The van der Waals surface area contributed by atoms with Gasteiger partial charge in [-0.1, -0.05) is 18.6 Å². The van der Waals surface area contributed by atoms with Gasteiger partial charge in [-0.2, -0.15) is 0 Å². The number of allylic oxidation sites excluding steroid dienone is 1. The van der Waals surface area contributed by atoms with Gasteiger partial charge in [0, 0.05) is 14.2 Å². The van der Waals surface area contributed by atoms with E-state index in [0.717, 1.165) is 5.56 Å². The Balaban J connectivity index is 0.000000316. The number of rotatable bonds is 5. The van der Waals surface area contributed by atoms with Crippen LogP contribution in [0.5, 0.6) is 5.75 Å². The highest BCUT2D eigenvalue weighted by Gasteiger charge is 2.50. The van der Waals surface area contributed by atoms with Crippen LogP contribution in [0, 0.1) is 0 Å². The Morgan fingerprint density at radius 1 is 1.20 bits per heavy atom. The summed E-state index contributed by atoms with van der Waals surface area (Å²) in [5.74, 6) is -1.52. The lowest BCUT2D eigenvalue weighted by Gasteiger charge is -2.26. The molecule has 2 heterocycles. The second-order valence-corrected chi connectivity index (χ2v) is 5.84. The molecule has 6 heteroatoms. The molecule has 3 rings (SSSR count). The highest BCUT2D eigenvalue weighted by atomic mass is 16.9. The second-order valence-electron chi connectivity index (χ2n) is 5.84. The first-order valence-corrected chi connectivity index (χ1v) is 8.49. The SMILES string of the molecule is C1CCNCC1.C=CCc1ccc2c(c1OC)C(OC)(OC)OC2=O. The van der Waals surface area contributed by atoms with E-state index in [1.807, 2.05) is 6.07 Å². The van der Waals surface area contributed by atoms with Crippen molar-refractivity contribution in [1.82, 2.24) is 5.32 Å². The van der Waals surface area contributed by atoms with Crippen LogP contribution in [-0.2, 0) is 26.6 Å². The van der Waals surface area contributed by atoms with E-state index in [0.29, 0.717) is 23.3 Å². The summed E-state index contributed by atoms with van der Waals surface area (Å²) in [6.07, 6.45) is 6.57. The predicted molar refractivity (Wildman–Crippen MR) is 94.7 cm³/mol. The van der Waals surface area contributed by atoms with Crippen molar-refractivity contribution in [3.05, 3.63) is 41.5 Å². The zero-order chi connectivity index (χ0) is 18.3. The van der Waals surface area contributed by atoms with Crippen LogP contribution >= 0.6 is 0 Å². The minimum Gasteiger partial charge on any atom is -0.496 e. The Kier molecular flexibility index (Phi) is 6.99. The molecule has 0 radical (unpaired) electrons. The summed E-state index contributed by atoms with van der Waals surface area (Å²) >= 11 is 0. The van der Waals surface area contributed by atoms with Crippen LogP contribution in [0.1, 0.15) is 40.7 Å². The average Bonchev–Trinajstić information content (AvgIpc) is 2.96. The molecule has 0 aromatic heterocycles. The Bertz CT molecular complexity index is 595. The lowest BCUT2D eigenvalue weighted by molar-refractivity contribution is -0.341. The maximum absolute atomic E-state index is 11.9. The fourth-order valence-electron chi connectivity index (χ4n) is 3.05. The number of carbonyl (C=O) groups excluding carboxylic acids is 1. The number of carbonyl (C=O) groups is 1. The van der Waals surface area contributed by atoms with Gasteiger partial charge in [-0.05, 0) is 44.0 Å². The van der Waals surface area contributed by atoms with Gasteiger partial charge in [-0.25, -0.2) is 4.79 Å². The smallest absolute Gasteiger partial charge is 0.362 e. The van der Waals surface area contributed by atoms with Crippen molar-refractivity contribution in [2.24, 2.45) is 0 Å². The van der Waals surface area contributed by atoms with Gasteiger partial charge in [-0.15, -0.1) is 6.58 Å². The number of hydrogen-bond donors (Lipinski definition) is 1. The average molecular weight is 349 g/mol. The van der Waals surface area contributed by atoms with Gasteiger partial charge < -0.3 is 24.3 Å². The minimum atomic E-state index is -1.55. The Labute approximate surface area is 149 Å². The molecule has 138 valence electrons. The molecule has 25 heavy (non-hydrogen) atoms. The van der Waals surface area contributed by atoms with E-state index in [2.05, 4.69) is 11.9 Å². The van der Waals surface area contributed by atoms with E-state index in [9.17, 15) is 4.79 Å². The Morgan fingerprint density at radius 2 is 1.88 bits per heavy atom. The third-order valence-electron chi connectivity index (χ3n) is 4.31. The molecule has 1 saturated heterocycles. The molecule has 2 aliphatic rings. The number of nitrogens with one attached hydrogen (secondary N) is 1. The molecule has 0 atom stereocenters. The number of hydrogen-bond acceptors (Lipinski definition) is 6. The van der Waals surface area contributed by atoms with Crippen LogP contribution in [0.3, 0.4) is 0 Å². The number of piperidine rings is 1. The zero-order valence-electron chi connectivity index (χ0n) is 15.2. The van der Waals surface area contributed by atoms with Crippen molar-refractivity contribution in [2.75, 3.05) is 34.4 Å². The molecule has 1 aromatic rings. The number of ether oxygens (including phenoxy) is 4.